The largest absolute Gasteiger partial charge is 0.467 e. The molecule has 142 valence electrons. The van der Waals surface area contributed by atoms with Gasteiger partial charge < -0.3 is 14.7 Å². The highest BCUT2D eigenvalue weighted by Gasteiger charge is 2.50. The summed E-state index contributed by atoms with van der Waals surface area (Å²) in [6.07, 6.45) is 0. The van der Waals surface area contributed by atoms with Gasteiger partial charge in [0.05, 0.1) is 20.2 Å². The Morgan fingerprint density at radius 1 is 1.07 bits per heavy atom. The Labute approximate surface area is 169 Å². The van der Waals surface area contributed by atoms with Crippen molar-refractivity contribution in [2.24, 2.45) is 5.73 Å². The van der Waals surface area contributed by atoms with Gasteiger partial charge in [0.25, 0.3) is 0 Å². The third-order valence-electron chi connectivity index (χ3n) is 4.22. The van der Waals surface area contributed by atoms with Crippen LogP contribution in [-0.2, 0) is 33.9 Å². The second-order valence-corrected chi connectivity index (χ2v) is 7.94. The maximum absolute atomic E-state index is 13.5. The number of benzene rings is 2. The fourth-order valence-electron chi connectivity index (χ4n) is 2.56. The zero-order chi connectivity index (χ0) is 21.6. The zero-order valence-corrected chi connectivity index (χ0v) is 15.5. The monoisotopic (exact) mass is 411 g/mol. The highest BCUT2D eigenvalue weighted by atomic mass is 32.2. The third kappa shape index (κ3) is 3.41. The molecule has 0 aliphatic carbocycles. The maximum Gasteiger partial charge on any atom is 0.302 e. The van der Waals surface area contributed by atoms with Crippen molar-refractivity contribution < 1.29 is 30.9 Å². The number of rotatable bonds is 5. The highest BCUT2D eigenvalue weighted by molar-refractivity contribution is 7.90. The van der Waals surface area contributed by atoms with Crippen molar-refractivity contribution in [3.05, 3.63) is 82.9 Å². The number of carbonyl (C=O) groups excluding carboxylic acids is 1. The lowest BCUT2D eigenvalue weighted by Crippen LogP contribution is -2.40. The van der Waals surface area contributed by atoms with Gasteiger partial charge in [-0.05, 0) is 23.3 Å². The Balaban J connectivity index is 1.95. The van der Waals surface area contributed by atoms with Gasteiger partial charge in [-0.1, -0.05) is 36.4 Å². The summed E-state index contributed by atoms with van der Waals surface area (Å²) >= 11 is 0. The SMILES string of the molecule is [B]C([B])(c1ccccc1)S(=O)(=O)OC1=C(N)O[C@@]([B])(c2ccc(F)c(F)c2)C1=O. The molecule has 1 heterocycles. The second kappa shape index (κ2) is 6.94. The van der Waals surface area contributed by atoms with Gasteiger partial charge in [-0.2, -0.15) is 8.42 Å². The van der Waals surface area contributed by atoms with Crippen molar-refractivity contribution in [1.82, 2.24) is 0 Å². The fourth-order valence-corrected chi connectivity index (χ4v) is 3.50. The summed E-state index contributed by atoms with van der Waals surface area (Å²) in [5.74, 6) is -5.55. The van der Waals surface area contributed by atoms with Crippen LogP contribution < -0.4 is 5.73 Å². The molecule has 3 rings (SSSR count). The van der Waals surface area contributed by atoms with Crippen LogP contribution in [-0.4, -0.2) is 37.7 Å². The molecule has 0 saturated heterocycles. The molecule has 0 amide bonds. The molecule has 6 nitrogen and oxygen atoms in total. The Morgan fingerprint density at radius 2 is 1.69 bits per heavy atom. The molecule has 6 radical (unpaired) electrons. The summed E-state index contributed by atoms with van der Waals surface area (Å²) in [6, 6.07) is 9.55. The van der Waals surface area contributed by atoms with Crippen LogP contribution in [0, 0.1) is 11.6 Å². The van der Waals surface area contributed by atoms with Crippen molar-refractivity contribution in [1.29, 1.82) is 0 Å². The van der Waals surface area contributed by atoms with E-state index in [4.69, 9.17) is 38.2 Å². The molecule has 0 bridgehead atoms. The van der Waals surface area contributed by atoms with Gasteiger partial charge in [0.15, 0.2) is 17.1 Å². The average molecular weight is 411 g/mol. The Kier molecular flexibility index (Phi) is 5.02. The smallest absolute Gasteiger partial charge is 0.302 e. The minimum Gasteiger partial charge on any atom is -0.467 e. The molecule has 0 saturated carbocycles. The van der Waals surface area contributed by atoms with Crippen LogP contribution in [0.25, 0.3) is 0 Å². The molecule has 1 aliphatic rings. The molecule has 1 atom stereocenters. The molecular formula is C17H10B3F2NO5S. The highest BCUT2D eigenvalue weighted by Crippen LogP contribution is 2.38. The maximum atomic E-state index is 13.5. The van der Waals surface area contributed by atoms with Gasteiger partial charge in [0.2, 0.25) is 17.4 Å². The molecule has 2 aromatic rings. The fraction of sp³-hybridized carbons (Fsp3) is 0.118. The second-order valence-electron chi connectivity index (χ2n) is 6.19. The molecule has 0 fully saturated rings. The summed E-state index contributed by atoms with van der Waals surface area (Å²) in [6.45, 7) is 0. The van der Waals surface area contributed by atoms with Crippen LogP contribution in [0.1, 0.15) is 11.1 Å². The molecule has 2 N–H and O–H groups in total. The van der Waals surface area contributed by atoms with E-state index in [1.165, 1.54) is 24.3 Å². The van der Waals surface area contributed by atoms with Crippen LogP contribution >= 0.6 is 0 Å². The summed E-state index contributed by atoms with van der Waals surface area (Å²) < 4.78 is 59.2. The van der Waals surface area contributed by atoms with Crippen LogP contribution in [0.4, 0.5) is 8.78 Å². The molecular weight excluding hydrogens is 401 g/mol. The number of ether oxygens (including phenoxy) is 1. The van der Waals surface area contributed by atoms with E-state index in [1.54, 1.807) is 6.07 Å². The van der Waals surface area contributed by atoms with Crippen LogP contribution in [0.5, 0.6) is 0 Å². The summed E-state index contributed by atoms with van der Waals surface area (Å²) in [7, 11) is 12.4. The van der Waals surface area contributed by atoms with Gasteiger partial charge in [0.1, 0.15) is 7.85 Å². The standard InChI is InChI=1S/C17H10B3F2NO5S/c18-16(10-6-7-11(21)12(22)8-10)14(24)13(15(23)27-16)28-29(25,26)17(19,20)9-4-2-1-3-5-9/h1-8H,23H2/t16-/m0/s1. The first-order chi connectivity index (χ1) is 13.4. The molecule has 0 aromatic heterocycles. The molecule has 0 spiro atoms. The molecule has 1 aliphatic heterocycles. The van der Waals surface area contributed by atoms with Gasteiger partial charge >= 0.3 is 10.1 Å². The number of hydrogen-bond acceptors (Lipinski definition) is 6. The van der Waals surface area contributed by atoms with Crippen molar-refractivity contribution in [3.8, 4) is 0 Å². The minimum absolute atomic E-state index is 0.0369. The molecule has 29 heavy (non-hydrogen) atoms. The van der Waals surface area contributed by atoms with Crippen LogP contribution in [0.15, 0.2) is 60.2 Å². The Bertz CT molecular complexity index is 1130. The van der Waals surface area contributed by atoms with Crippen molar-refractivity contribution in [3.63, 3.8) is 0 Å². The van der Waals surface area contributed by atoms with E-state index >= 15 is 0 Å². The molecule has 2 aromatic carbocycles. The van der Waals surface area contributed by atoms with Gasteiger partial charge in [-0.25, -0.2) is 8.78 Å². The van der Waals surface area contributed by atoms with E-state index in [0.29, 0.717) is 12.1 Å². The topological polar surface area (TPSA) is 95.7 Å². The third-order valence-corrected chi connectivity index (χ3v) is 5.67. The number of nitrogens with two attached hydrogens (primary N) is 1. The predicted octanol–water partition coefficient (Wildman–Crippen LogP) is 0.507. The number of ketones is 1. The number of halogens is 2. The Hall–Kier alpha value is -2.75. The number of hydrogen-bond donors (Lipinski definition) is 1. The quantitative estimate of drug-likeness (QED) is 0.570. The average Bonchev–Trinajstić information content (AvgIpc) is 2.88. The van der Waals surface area contributed by atoms with Crippen LogP contribution in [0.2, 0.25) is 0 Å². The predicted molar refractivity (Wildman–Crippen MR) is 101 cm³/mol. The van der Waals surface area contributed by atoms with E-state index in [-0.39, 0.29) is 11.1 Å². The van der Waals surface area contributed by atoms with Gasteiger partial charge in [0, 0.05) is 0 Å². The van der Waals surface area contributed by atoms with E-state index in [0.717, 1.165) is 6.07 Å². The lowest BCUT2D eigenvalue weighted by atomic mass is 9.65. The normalized spacial score (nSPS) is 19.9. The number of carbonyl (C=O) groups is 1. The van der Waals surface area contributed by atoms with E-state index in [2.05, 4.69) is 0 Å². The first-order valence-corrected chi connectivity index (χ1v) is 9.36. The number of Topliss-reactive ketones (excluding diaryl/α,β-unsaturated/α-hetero) is 1. The van der Waals surface area contributed by atoms with Crippen molar-refractivity contribution in [2.45, 2.75) is 10.0 Å². The Morgan fingerprint density at radius 3 is 2.28 bits per heavy atom. The van der Waals surface area contributed by atoms with Crippen molar-refractivity contribution >= 4 is 39.4 Å². The minimum atomic E-state index is -4.88. The van der Waals surface area contributed by atoms with Gasteiger partial charge in [-0.3, -0.25) is 4.79 Å². The lowest BCUT2D eigenvalue weighted by molar-refractivity contribution is -0.126. The van der Waals surface area contributed by atoms with E-state index in [9.17, 15) is 22.0 Å². The molecule has 0 unspecified atom stereocenters. The first-order valence-electron chi connectivity index (χ1n) is 7.95. The molecule has 12 heteroatoms. The van der Waals surface area contributed by atoms with E-state index in [1.807, 2.05) is 0 Å². The summed E-state index contributed by atoms with van der Waals surface area (Å²) in [4.78, 5) is 12.7. The summed E-state index contributed by atoms with van der Waals surface area (Å²) in [5, 5.41) is 0. The van der Waals surface area contributed by atoms with Crippen molar-refractivity contribution in [2.75, 3.05) is 0 Å². The summed E-state index contributed by atoms with van der Waals surface area (Å²) in [5.41, 5.74) is 2.75. The van der Waals surface area contributed by atoms with Gasteiger partial charge in [-0.15, -0.1) is 0 Å². The van der Waals surface area contributed by atoms with Crippen LogP contribution in [0.3, 0.4) is 0 Å². The zero-order valence-electron chi connectivity index (χ0n) is 14.6. The lowest BCUT2D eigenvalue weighted by Gasteiger charge is -2.26. The first kappa shape index (κ1) is 21.0. The van der Waals surface area contributed by atoms with E-state index < -0.39 is 49.2 Å².